The minimum atomic E-state index is 0.0229. The molecule has 1 aromatic carbocycles. The van der Waals surface area contributed by atoms with Gasteiger partial charge in [0.05, 0.1) is 11.0 Å². The van der Waals surface area contributed by atoms with Gasteiger partial charge in [0.15, 0.2) is 0 Å². The molecule has 0 atom stereocenters. The van der Waals surface area contributed by atoms with E-state index in [1.165, 1.54) is 36.2 Å². The Balaban J connectivity index is 2.10. The van der Waals surface area contributed by atoms with Crippen molar-refractivity contribution in [3.8, 4) is 0 Å². The molecule has 1 heterocycles. The lowest BCUT2D eigenvalue weighted by Gasteiger charge is -2.25. The number of hydrogen-bond acceptors (Lipinski definition) is 2. The average Bonchev–Trinajstić information content (AvgIpc) is 2.65. The summed E-state index contributed by atoms with van der Waals surface area (Å²) in [5.74, 6) is 1.92. The maximum Gasteiger partial charge on any atom is 0.112 e. The highest BCUT2D eigenvalue weighted by molar-refractivity contribution is 5.77. The molecule has 0 unspecified atom stereocenters. The maximum absolute atomic E-state index is 5.88. The molecule has 0 saturated heterocycles. The fourth-order valence-corrected chi connectivity index (χ4v) is 2.78. The first-order valence-electron chi connectivity index (χ1n) is 7.20. The summed E-state index contributed by atoms with van der Waals surface area (Å²) < 4.78 is 2.27. The second-order valence-electron chi connectivity index (χ2n) is 6.45. The molecular formula is C16H23N3. The summed E-state index contributed by atoms with van der Waals surface area (Å²) >= 11 is 0. The maximum atomic E-state index is 5.88. The number of imidazole rings is 1. The molecule has 1 saturated carbocycles. The molecular weight excluding hydrogens is 234 g/mol. The van der Waals surface area contributed by atoms with Crippen molar-refractivity contribution in [3.05, 3.63) is 29.6 Å². The number of nitrogens with two attached hydrogens (primary N) is 1. The zero-order valence-corrected chi connectivity index (χ0v) is 12.1. The van der Waals surface area contributed by atoms with E-state index in [4.69, 9.17) is 10.7 Å². The largest absolute Gasteiger partial charge is 0.331 e. The summed E-state index contributed by atoms with van der Waals surface area (Å²) in [5, 5.41) is 0. The van der Waals surface area contributed by atoms with Gasteiger partial charge in [0.1, 0.15) is 5.82 Å². The lowest BCUT2D eigenvalue weighted by atomic mass is 9.84. The zero-order valence-electron chi connectivity index (χ0n) is 12.1. The quantitative estimate of drug-likeness (QED) is 0.918. The third-order valence-corrected chi connectivity index (χ3v) is 4.68. The Labute approximate surface area is 114 Å². The molecule has 0 aliphatic heterocycles. The van der Waals surface area contributed by atoms with Crippen LogP contribution in [0, 0.1) is 0 Å². The van der Waals surface area contributed by atoms with Crippen LogP contribution in [0.4, 0.5) is 0 Å². The Kier molecular flexibility index (Phi) is 2.90. The van der Waals surface area contributed by atoms with E-state index in [-0.39, 0.29) is 5.41 Å². The summed E-state index contributed by atoms with van der Waals surface area (Å²) in [7, 11) is 2.14. The van der Waals surface area contributed by atoms with E-state index in [2.05, 4.69) is 43.7 Å². The summed E-state index contributed by atoms with van der Waals surface area (Å²) in [5.41, 5.74) is 9.55. The van der Waals surface area contributed by atoms with Gasteiger partial charge in [-0.1, -0.05) is 26.3 Å². The van der Waals surface area contributed by atoms with Crippen molar-refractivity contribution in [1.29, 1.82) is 0 Å². The van der Waals surface area contributed by atoms with Crippen LogP contribution < -0.4 is 5.73 Å². The number of fused-ring (bicyclic) bond motifs is 1. The van der Waals surface area contributed by atoms with E-state index in [1.54, 1.807) is 0 Å². The van der Waals surface area contributed by atoms with Crippen LogP contribution in [-0.2, 0) is 12.5 Å². The Bertz CT molecular complexity index is 606. The lowest BCUT2D eigenvalue weighted by Crippen LogP contribution is -2.28. The van der Waals surface area contributed by atoms with Crippen molar-refractivity contribution in [1.82, 2.24) is 9.55 Å². The van der Waals surface area contributed by atoms with Crippen LogP contribution in [0.25, 0.3) is 11.0 Å². The number of nitrogens with zero attached hydrogens (tertiary/aromatic N) is 2. The summed E-state index contributed by atoms with van der Waals surface area (Å²) in [6.07, 6.45) is 3.93. The zero-order chi connectivity index (χ0) is 13.6. The highest BCUT2D eigenvalue weighted by atomic mass is 15.1. The van der Waals surface area contributed by atoms with E-state index in [9.17, 15) is 0 Å². The van der Waals surface area contributed by atoms with Gasteiger partial charge in [-0.3, -0.25) is 0 Å². The van der Waals surface area contributed by atoms with Crippen LogP contribution in [0.3, 0.4) is 0 Å². The van der Waals surface area contributed by atoms with Gasteiger partial charge in [0.25, 0.3) is 0 Å². The monoisotopic (exact) mass is 257 g/mol. The van der Waals surface area contributed by atoms with E-state index >= 15 is 0 Å². The first-order chi connectivity index (χ1) is 9.03. The van der Waals surface area contributed by atoms with Crippen LogP contribution in [0.5, 0.6) is 0 Å². The van der Waals surface area contributed by atoms with Gasteiger partial charge in [-0.15, -0.1) is 0 Å². The van der Waals surface area contributed by atoms with Gasteiger partial charge < -0.3 is 10.3 Å². The highest BCUT2D eigenvalue weighted by Crippen LogP contribution is 2.37. The molecule has 1 aromatic heterocycles. The molecule has 2 N–H and O–H groups in total. The molecule has 0 spiro atoms. The van der Waals surface area contributed by atoms with Crippen molar-refractivity contribution in [2.75, 3.05) is 6.54 Å². The topological polar surface area (TPSA) is 43.8 Å². The normalized spacial score (nSPS) is 16.8. The van der Waals surface area contributed by atoms with Crippen LogP contribution in [0.1, 0.15) is 50.4 Å². The fraction of sp³-hybridized carbons (Fsp3) is 0.562. The molecule has 1 fully saturated rings. The number of aromatic nitrogens is 2. The second-order valence-corrected chi connectivity index (χ2v) is 6.45. The van der Waals surface area contributed by atoms with Crippen LogP contribution >= 0.6 is 0 Å². The van der Waals surface area contributed by atoms with Crippen LogP contribution in [-0.4, -0.2) is 16.1 Å². The number of benzene rings is 1. The molecule has 3 heteroatoms. The Hall–Kier alpha value is -1.35. The molecule has 0 bridgehead atoms. The Morgan fingerprint density at radius 1 is 1.37 bits per heavy atom. The molecule has 3 nitrogen and oxygen atoms in total. The Morgan fingerprint density at radius 2 is 2.11 bits per heavy atom. The number of rotatable bonds is 3. The average molecular weight is 257 g/mol. The van der Waals surface area contributed by atoms with Gasteiger partial charge in [-0.05, 0) is 30.5 Å². The van der Waals surface area contributed by atoms with E-state index in [0.29, 0.717) is 12.5 Å². The molecule has 102 valence electrons. The fourth-order valence-electron chi connectivity index (χ4n) is 2.78. The lowest BCUT2D eigenvalue weighted by molar-refractivity contribution is 0.394. The van der Waals surface area contributed by atoms with Gasteiger partial charge >= 0.3 is 0 Å². The standard InChI is InChI=1S/C16H23N3/c1-16(2,10-17)12-7-8-13-14(9-12)19(3)15(18-13)11-5-4-6-11/h7-9,11H,4-6,10,17H2,1-3H3. The van der Waals surface area contributed by atoms with Crippen LogP contribution in [0.15, 0.2) is 18.2 Å². The SMILES string of the molecule is Cn1c(C2CCC2)nc2ccc(C(C)(C)CN)cc21. The number of aryl methyl sites for hydroxylation is 1. The molecule has 19 heavy (non-hydrogen) atoms. The summed E-state index contributed by atoms with van der Waals surface area (Å²) in [6, 6.07) is 6.58. The molecule has 1 aliphatic carbocycles. The van der Waals surface area contributed by atoms with Crippen molar-refractivity contribution in [3.63, 3.8) is 0 Å². The van der Waals surface area contributed by atoms with Gasteiger partial charge in [-0.25, -0.2) is 4.98 Å². The molecule has 0 radical (unpaired) electrons. The first kappa shape index (κ1) is 12.7. The van der Waals surface area contributed by atoms with Gasteiger partial charge in [0.2, 0.25) is 0 Å². The minimum Gasteiger partial charge on any atom is -0.331 e. The Morgan fingerprint density at radius 3 is 2.68 bits per heavy atom. The molecule has 3 rings (SSSR count). The third kappa shape index (κ3) is 1.96. The van der Waals surface area contributed by atoms with Gasteiger partial charge in [-0.2, -0.15) is 0 Å². The summed E-state index contributed by atoms with van der Waals surface area (Å²) in [6.45, 7) is 5.04. The molecule has 1 aliphatic rings. The van der Waals surface area contributed by atoms with E-state index < -0.39 is 0 Å². The van der Waals surface area contributed by atoms with E-state index in [0.717, 1.165) is 5.52 Å². The van der Waals surface area contributed by atoms with Crippen molar-refractivity contribution in [2.24, 2.45) is 12.8 Å². The summed E-state index contributed by atoms with van der Waals surface area (Å²) in [4.78, 5) is 4.81. The van der Waals surface area contributed by atoms with E-state index in [1.807, 2.05) is 0 Å². The smallest absolute Gasteiger partial charge is 0.112 e. The van der Waals surface area contributed by atoms with Crippen molar-refractivity contribution >= 4 is 11.0 Å². The predicted octanol–water partition coefficient (Wildman–Crippen LogP) is 3.08. The predicted molar refractivity (Wildman–Crippen MR) is 79.4 cm³/mol. The van der Waals surface area contributed by atoms with Crippen molar-refractivity contribution < 1.29 is 0 Å². The first-order valence-corrected chi connectivity index (χ1v) is 7.20. The molecule has 0 amide bonds. The second kappa shape index (κ2) is 4.34. The highest BCUT2D eigenvalue weighted by Gasteiger charge is 2.25. The van der Waals surface area contributed by atoms with Crippen LogP contribution in [0.2, 0.25) is 0 Å². The third-order valence-electron chi connectivity index (χ3n) is 4.68. The minimum absolute atomic E-state index is 0.0229. The molecule has 2 aromatic rings. The van der Waals surface area contributed by atoms with Gasteiger partial charge in [0, 0.05) is 24.9 Å². The van der Waals surface area contributed by atoms with Crippen molar-refractivity contribution in [2.45, 2.75) is 44.4 Å². The number of hydrogen-bond donors (Lipinski definition) is 1.